The third-order valence-electron chi connectivity index (χ3n) is 1.55. The normalized spacial score (nSPS) is 11.3. The van der Waals surface area contributed by atoms with Crippen LogP contribution in [0.3, 0.4) is 0 Å². The molecule has 1 aromatic rings. The van der Waals surface area contributed by atoms with Crippen molar-refractivity contribution >= 4 is 21.9 Å². The van der Waals surface area contributed by atoms with Crippen LogP contribution in [0.1, 0.15) is 31.1 Å². The molecule has 0 spiro atoms. The molecule has 0 aliphatic rings. The molecule has 0 unspecified atom stereocenters. The highest BCUT2D eigenvalue weighted by Gasteiger charge is 2.20. The van der Waals surface area contributed by atoms with Gasteiger partial charge in [-0.3, -0.25) is 0 Å². The zero-order valence-electron chi connectivity index (χ0n) is 8.80. The average Bonchev–Trinajstić information content (AvgIpc) is 1.99. The third-order valence-corrected chi connectivity index (χ3v) is 2.04. The molecule has 15 heavy (non-hydrogen) atoms. The van der Waals surface area contributed by atoms with E-state index in [1.807, 2.05) is 0 Å². The van der Waals surface area contributed by atoms with Crippen molar-refractivity contribution in [2.75, 3.05) is 0 Å². The summed E-state index contributed by atoms with van der Waals surface area (Å²) in [5.74, 6) is -1.23. The van der Waals surface area contributed by atoms with Gasteiger partial charge in [0.15, 0.2) is 0 Å². The summed E-state index contributed by atoms with van der Waals surface area (Å²) in [4.78, 5) is 11.5. The molecule has 0 saturated carbocycles. The van der Waals surface area contributed by atoms with Gasteiger partial charge >= 0.3 is 5.97 Å². The van der Waals surface area contributed by atoms with E-state index in [-0.39, 0.29) is 5.56 Å². The van der Waals surface area contributed by atoms with Crippen LogP contribution in [0.15, 0.2) is 22.7 Å². The number of rotatable bonds is 1. The topological polar surface area (TPSA) is 26.3 Å². The highest BCUT2D eigenvalue weighted by atomic mass is 79.9. The molecule has 0 N–H and O–H groups in total. The van der Waals surface area contributed by atoms with E-state index in [0.29, 0.717) is 4.47 Å². The Kier molecular flexibility index (Phi) is 3.50. The Morgan fingerprint density at radius 1 is 1.40 bits per heavy atom. The van der Waals surface area contributed by atoms with E-state index in [4.69, 9.17) is 4.74 Å². The summed E-state index contributed by atoms with van der Waals surface area (Å²) in [5, 5.41) is 0. The Morgan fingerprint density at radius 3 is 2.47 bits per heavy atom. The lowest BCUT2D eigenvalue weighted by Gasteiger charge is -2.19. The first-order chi connectivity index (χ1) is 6.79. The first-order valence-electron chi connectivity index (χ1n) is 4.48. The Bertz CT molecular complexity index is 383. The molecule has 0 radical (unpaired) electrons. The van der Waals surface area contributed by atoms with Gasteiger partial charge in [-0.25, -0.2) is 9.18 Å². The summed E-state index contributed by atoms with van der Waals surface area (Å²) in [7, 11) is 0. The van der Waals surface area contributed by atoms with Gasteiger partial charge in [-0.1, -0.05) is 15.9 Å². The smallest absolute Gasteiger partial charge is 0.341 e. The van der Waals surface area contributed by atoms with Gasteiger partial charge in [0.05, 0.1) is 5.56 Å². The van der Waals surface area contributed by atoms with Gasteiger partial charge < -0.3 is 4.74 Å². The molecule has 0 atom stereocenters. The van der Waals surface area contributed by atoms with Crippen molar-refractivity contribution in [3.8, 4) is 0 Å². The average molecular weight is 281 g/mol. The molecule has 82 valence electrons. The monoisotopic (exact) mass is 280 g/mol. The van der Waals surface area contributed by atoms with Crippen molar-refractivity contribution in [2.24, 2.45) is 0 Å². The van der Waals surface area contributed by atoms with Crippen LogP contribution in [0, 0.1) is 5.82 Å². The molecule has 0 bridgehead atoms. The summed E-state index contributed by atoms with van der Waals surface area (Å²) < 4.78 is 19.0. The highest BCUT2D eigenvalue weighted by Crippen LogP contribution is 2.18. The summed E-state index contributed by atoms with van der Waals surface area (Å²) in [6.45, 7) is 5.21. The molecule has 0 aliphatic carbocycles. The molecule has 0 heterocycles. The second-order valence-electron chi connectivity index (χ2n) is 4.13. The number of ether oxygens (including phenoxy) is 1. The van der Waals surface area contributed by atoms with E-state index in [1.54, 1.807) is 26.8 Å². The Hall–Kier alpha value is -0.900. The Labute approximate surface area is 96.6 Å². The lowest BCUT2D eigenvalue weighted by atomic mass is 10.2. The minimum absolute atomic E-state index is 0.0480. The van der Waals surface area contributed by atoms with Gasteiger partial charge in [-0.15, -0.1) is 0 Å². The number of carbonyl (C=O) groups excluding carboxylic acids is 1. The van der Waals surface area contributed by atoms with E-state index < -0.39 is 17.4 Å². The SMILES string of the molecule is CC(C)(C)OC(=O)[13c]1[13cH][13cH][13c](Br)[13cH][13c]1F. The second-order valence-corrected chi connectivity index (χ2v) is 5.04. The molecule has 1 aromatic carbocycles. The summed E-state index contributed by atoms with van der Waals surface area (Å²) in [5.41, 5.74) is -0.663. The number of hydrogen-bond donors (Lipinski definition) is 0. The van der Waals surface area contributed by atoms with Crippen LogP contribution in [0.2, 0.25) is 0 Å². The van der Waals surface area contributed by atoms with Crippen LogP contribution in [0.4, 0.5) is 4.39 Å². The molecular weight excluding hydrogens is 269 g/mol. The largest absolute Gasteiger partial charge is 0.456 e. The number of benzene rings is 1. The second kappa shape index (κ2) is 4.31. The van der Waals surface area contributed by atoms with Crippen molar-refractivity contribution in [1.29, 1.82) is 0 Å². The minimum Gasteiger partial charge on any atom is -0.456 e. The number of hydrogen-bond acceptors (Lipinski definition) is 2. The van der Waals surface area contributed by atoms with E-state index in [0.717, 1.165) is 0 Å². The van der Waals surface area contributed by atoms with Crippen LogP contribution in [0.5, 0.6) is 0 Å². The quantitative estimate of drug-likeness (QED) is 0.736. The van der Waals surface area contributed by atoms with Gasteiger partial charge in [0.2, 0.25) is 0 Å². The van der Waals surface area contributed by atoms with Gasteiger partial charge in [0, 0.05) is 4.47 Å². The summed E-state index contributed by atoms with van der Waals surface area (Å²) in [6.07, 6.45) is 0. The third kappa shape index (κ3) is 3.63. The van der Waals surface area contributed by atoms with E-state index in [2.05, 4.69) is 15.9 Å². The first kappa shape index (κ1) is 12.2. The van der Waals surface area contributed by atoms with Crippen molar-refractivity contribution in [3.63, 3.8) is 0 Å². The fourth-order valence-corrected chi connectivity index (χ4v) is 1.32. The van der Waals surface area contributed by atoms with Crippen molar-refractivity contribution in [1.82, 2.24) is 0 Å². The van der Waals surface area contributed by atoms with Crippen LogP contribution < -0.4 is 0 Å². The fourth-order valence-electron chi connectivity index (χ4n) is 0.988. The van der Waals surface area contributed by atoms with E-state index in [9.17, 15) is 9.18 Å². The molecule has 0 aliphatic heterocycles. The van der Waals surface area contributed by atoms with Crippen LogP contribution in [-0.2, 0) is 4.74 Å². The number of esters is 1. The molecule has 0 amide bonds. The standard InChI is InChI=1S/C11H12BrFO2/c1-11(2,3)15-10(14)8-5-4-7(12)6-9(8)13/h4-6H,1-3H3/i4+1,5+1,6+1,7+1,8+1,9+1. The van der Waals surface area contributed by atoms with E-state index >= 15 is 0 Å². The predicted octanol–water partition coefficient (Wildman–Crippen LogP) is 3.54. The summed E-state index contributed by atoms with van der Waals surface area (Å²) >= 11 is 3.11. The molecular formula is C11H12BrFO2. The zero-order valence-corrected chi connectivity index (χ0v) is 10.4. The number of halogens is 2. The first-order valence-corrected chi connectivity index (χ1v) is 5.27. The maximum absolute atomic E-state index is 13.3. The molecule has 4 heteroatoms. The van der Waals surface area contributed by atoms with E-state index in [1.165, 1.54) is 12.1 Å². The van der Waals surface area contributed by atoms with Crippen molar-refractivity contribution in [3.05, 3.63) is 34.1 Å². The van der Waals surface area contributed by atoms with Crippen LogP contribution in [0.25, 0.3) is 0 Å². The summed E-state index contributed by atoms with van der Waals surface area (Å²) in [6, 6.07) is 4.23. The molecule has 0 saturated heterocycles. The Morgan fingerprint density at radius 2 is 2.00 bits per heavy atom. The van der Waals surface area contributed by atoms with Crippen LogP contribution in [-0.4, -0.2) is 11.6 Å². The lowest BCUT2D eigenvalue weighted by molar-refractivity contribution is 0.00647. The van der Waals surface area contributed by atoms with Crippen LogP contribution >= 0.6 is 15.9 Å². The molecule has 1 rings (SSSR count). The highest BCUT2D eigenvalue weighted by molar-refractivity contribution is 9.10. The maximum atomic E-state index is 13.3. The maximum Gasteiger partial charge on any atom is 0.341 e. The molecule has 2 nitrogen and oxygen atoms in total. The zero-order chi connectivity index (χ0) is 11.6. The molecule has 0 fully saturated rings. The van der Waals surface area contributed by atoms with Gasteiger partial charge in [0.1, 0.15) is 11.4 Å². The fraction of sp³-hybridized carbons (Fsp3) is 0.364. The Balaban J connectivity index is 2.92. The number of carbonyl (C=O) groups is 1. The van der Waals surface area contributed by atoms with Gasteiger partial charge in [-0.2, -0.15) is 0 Å². The minimum atomic E-state index is -0.646. The molecule has 0 aromatic heterocycles. The van der Waals surface area contributed by atoms with Crippen molar-refractivity contribution in [2.45, 2.75) is 26.4 Å². The predicted molar refractivity (Wildman–Crippen MR) is 59.3 cm³/mol. The van der Waals surface area contributed by atoms with Gasteiger partial charge in [-0.05, 0) is 39.0 Å². The van der Waals surface area contributed by atoms with Crippen molar-refractivity contribution < 1.29 is 13.9 Å². The lowest BCUT2D eigenvalue weighted by Crippen LogP contribution is -2.24. The van der Waals surface area contributed by atoms with Gasteiger partial charge in [0.25, 0.3) is 0 Å².